The summed E-state index contributed by atoms with van der Waals surface area (Å²) in [4.78, 5) is 11.4. The van der Waals surface area contributed by atoms with Crippen LogP contribution in [-0.4, -0.2) is 5.91 Å². The van der Waals surface area contributed by atoms with Crippen LogP contribution in [0.1, 0.15) is 36.3 Å². The maximum atomic E-state index is 11.4. The van der Waals surface area contributed by atoms with E-state index in [0.717, 1.165) is 17.9 Å². The molecule has 0 heterocycles. The van der Waals surface area contributed by atoms with Gasteiger partial charge in [0, 0.05) is 0 Å². The third-order valence-corrected chi connectivity index (χ3v) is 3.17. The zero-order valence-electron chi connectivity index (χ0n) is 9.07. The molecule has 1 fully saturated rings. The molecule has 80 valence electrons. The van der Waals surface area contributed by atoms with Crippen LogP contribution in [0.4, 0.5) is 0 Å². The van der Waals surface area contributed by atoms with Gasteiger partial charge in [-0.15, -0.1) is 0 Å². The maximum absolute atomic E-state index is 11.4. The fourth-order valence-corrected chi connectivity index (χ4v) is 2.06. The van der Waals surface area contributed by atoms with Gasteiger partial charge in [0.2, 0.25) is 5.91 Å². The zero-order valence-corrected chi connectivity index (χ0v) is 9.07. The average Bonchev–Trinajstić information content (AvgIpc) is 2.99. The highest BCUT2D eigenvalue weighted by molar-refractivity contribution is 5.82. The monoisotopic (exact) mass is 203 g/mol. The molecule has 2 heteroatoms. The summed E-state index contributed by atoms with van der Waals surface area (Å²) in [6.07, 6.45) is 3.45. The van der Waals surface area contributed by atoms with E-state index < -0.39 is 0 Å². The number of hydrogen-bond acceptors (Lipinski definition) is 1. The van der Waals surface area contributed by atoms with Gasteiger partial charge < -0.3 is 5.73 Å². The third-order valence-electron chi connectivity index (χ3n) is 3.17. The topological polar surface area (TPSA) is 43.1 Å². The van der Waals surface area contributed by atoms with Gasteiger partial charge in [-0.2, -0.15) is 0 Å². The first kappa shape index (κ1) is 10.2. The summed E-state index contributed by atoms with van der Waals surface area (Å²) in [6.45, 7) is 2.04. The zero-order chi connectivity index (χ0) is 10.8. The molecule has 1 atom stereocenters. The van der Waals surface area contributed by atoms with E-state index in [2.05, 4.69) is 0 Å². The van der Waals surface area contributed by atoms with Crippen molar-refractivity contribution in [2.75, 3.05) is 0 Å². The molecular formula is C13H17NO. The highest BCUT2D eigenvalue weighted by Gasteiger charge is 2.29. The quantitative estimate of drug-likeness (QED) is 0.802. The van der Waals surface area contributed by atoms with Crippen molar-refractivity contribution in [3.8, 4) is 0 Å². The molecule has 0 bridgehead atoms. The van der Waals surface area contributed by atoms with E-state index in [1.807, 2.05) is 31.2 Å². The van der Waals surface area contributed by atoms with E-state index in [0.29, 0.717) is 0 Å². The van der Waals surface area contributed by atoms with Gasteiger partial charge in [-0.3, -0.25) is 4.79 Å². The number of carbonyl (C=O) groups is 1. The summed E-state index contributed by atoms with van der Waals surface area (Å²) >= 11 is 0. The van der Waals surface area contributed by atoms with Gasteiger partial charge in [0.15, 0.2) is 0 Å². The van der Waals surface area contributed by atoms with Crippen LogP contribution in [0.25, 0.3) is 0 Å². The summed E-state index contributed by atoms with van der Waals surface area (Å²) in [5, 5.41) is 0. The number of aryl methyl sites for hydroxylation is 1. The summed E-state index contributed by atoms with van der Waals surface area (Å²) < 4.78 is 0. The molecule has 2 nitrogen and oxygen atoms in total. The van der Waals surface area contributed by atoms with Crippen molar-refractivity contribution in [1.29, 1.82) is 0 Å². The molecule has 0 saturated heterocycles. The minimum Gasteiger partial charge on any atom is -0.369 e. The number of nitrogens with two attached hydrogens (primary N) is 1. The molecule has 0 aliphatic heterocycles. The predicted molar refractivity (Wildman–Crippen MR) is 60.5 cm³/mol. The Labute approximate surface area is 90.5 Å². The number of amides is 1. The maximum Gasteiger partial charge on any atom is 0.224 e. The predicted octanol–water partition coefficient (Wildman–Crippen LogP) is 2.36. The van der Waals surface area contributed by atoms with Crippen LogP contribution in [0.2, 0.25) is 0 Å². The molecule has 0 spiro atoms. The minimum absolute atomic E-state index is 0.0845. The van der Waals surface area contributed by atoms with Crippen LogP contribution < -0.4 is 5.73 Å². The van der Waals surface area contributed by atoms with Crippen LogP contribution >= 0.6 is 0 Å². The van der Waals surface area contributed by atoms with Crippen LogP contribution in [0.3, 0.4) is 0 Å². The lowest BCUT2D eigenvalue weighted by atomic mass is 9.90. The number of primary amides is 1. The first-order valence-electron chi connectivity index (χ1n) is 5.53. The summed E-state index contributed by atoms with van der Waals surface area (Å²) in [6, 6.07) is 8.03. The molecule has 1 aliphatic rings. The first-order chi connectivity index (χ1) is 7.18. The van der Waals surface area contributed by atoms with Crippen LogP contribution in [-0.2, 0) is 4.79 Å². The number of benzene rings is 1. The van der Waals surface area contributed by atoms with Crippen molar-refractivity contribution in [1.82, 2.24) is 0 Å². The van der Waals surface area contributed by atoms with Crippen molar-refractivity contribution >= 4 is 5.91 Å². The second-order valence-electron chi connectivity index (χ2n) is 4.49. The van der Waals surface area contributed by atoms with Crippen molar-refractivity contribution < 1.29 is 4.79 Å². The molecule has 15 heavy (non-hydrogen) atoms. The van der Waals surface area contributed by atoms with E-state index in [-0.39, 0.29) is 11.8 Å². The Morgan fingerprint density at radius 1 is 1.47 bits per heavy atom. The standard InChI is InChI=1S/C13H17NO/c1-9-4-2-3-5-11(9)12(13(14)15)8-10-6-7-10/h2-5,10,12H,6-8H2,1H3,(H2,14,15). The molecule has 0 aromatic heterocycles. The van der Waals surface area contributed by atoms with Crippen molar-refractivity contribution in [2.24, 2.45) is 11.7 Å². The Balaban J connectivity index is 2.22. The number of hydrogen-bond donors (Lipinski definition) is 1. The van der Waals surface area contributed by atoms with Gasteiger partial charge in [-0.1, -0.05) is 37.1 Å². The lowest BCUT2D eigenvalue weighted by molar-refractivity contribution is -0.119. The van der Waals surface area contributed by atoms with E-state index in [1.165, 1.54) is 18.4 Å². The number of rotatable bonds is 4. The molecule has 2 rings (SSSR count). The molecule has 1 aromatic carbocycles. The summed E-state index contributed by atoms with van der Waals surface area (Å²) in [7, 11) is 0. The van der Waals surface area contributed by atoms with Gasteiger partial charge in [0.05, 0.1) is 5.92 Å². The Morgan fingerprint density at radius 3 is 2.67 bits per heavy atom. The van der Waals surface area contributed by atoms with E-state index in [1.54, 1.807) is 0 Å². The molecular weight excluding hydrogens is 186 g/mol. The Kier molecular flexibility index (Phi) is 2.76. The molecule has 1 saturated carbocycles. The van der Waals surface area contributed by atoms with Crippen molar-refractivity contribution in [2.45, 2.75) is 32.1 Å². The van der Waals surface area contributed by atoms with Gasteiger partial charge in [-0.25, -0.2) is 0 Å². The summed E-state index contributed by atoms with van der Waals surface area (Å²) in [5.74, 6) is 0.456. The highest BCUT2D eigenvalue weighted by atomic mass is 16.1. The van der Waals surface area contributed by atoms with Crippen LogP contribution in [0.5, 0.6) is 0 Å². The minimum atomic E-state index is -0.184. The number of carbonyl (C=O) groups excluding carboxylic acids is 1. The van der Waals surface area contributed by atoms with Crippen LogP contribution in [0.15, 0.2) is 24.3 Å². The smallest absolute Gasteiger partial charge is 0.224 e. The van der Waals surface area contributed by atoms with Crippen LogP contribution in [0, 0.1) is 12.8 Å². The molecule has 0 radical (unpaired) electrons. The second kappa shape index (κ2) is 4.05. The fourth-order valence-electron chi connectivity index (χ4n) is 2.06. The molecule has 1 unspecified atom stereocenters. The average molecular weight is 203 g/mol. The lowest BCUT2D eigenvalue weighted by Gasteiger charge is -2.15. The van der Waals surface area contributed by atoms with E-state index in [4.69, 9.17) is 5.73 Å². The van der Waals surface area contributed by atoms with Gasteiger partial charge in [0.1, 0.15) is 0 Å². The molecule has 2 N–H and O–H groups in total. The van der Waals surface area contributed by atoms with Crippen molar-refractivity contribution in [3.05, 3.63) is 35.4 Å². The Hall–Kier alpha value is -1.31. The second-order valence-corrected chi connectivity index (χ2v) is 4.49. The van der Waals surface area contributed by atoms with E-state index >= 15 is 0 Å². The highest BCUT2D eigenvalue weighted by Crippen LogP contribution is 2.39. The Bertz CT molecular complexity index is 369. The Morgan fingerprint density at radius 2 is 2.13 bits per heavy atom. The molecule has 1 aromatic rings. The normalized spacial score (nSPS) is 17.4. The first-order valence-corrected chi connectivity index (χ1v) is 5.53. The molecule has 1 amide bonds. The fraction of sp³-hybridized carbons (Fsp3) is 0.462. The van der Waals surface area contributed by atoms with E-state index in [9.17, 15) is 4.79 Å². The van der Waals surface area contributed by atoms with Gasteiger partial charge in [-0.05, 0) is 30.4 Å². The summed E-state index contributed by atoms with van der Waals surface area (Å²) in [5.41, 5.74) is 7.75. The third kappa shape index (κ3) is 2.38. The SMILES string of the molecule is Cc1ccccc1C(CC1CC1)C(N)=O. The van der Waals surface area contributed by atoms with Gasteiger partial charge in [0.25, 0.3) is 0 Å². The lowest BCUT2D eigenvalue weighted by Crippen LogP contribution is -2.22. The largest absolute Gasteiger partial charge is 0.369 e. The molecule has 1 aliphatic carbocycles. The van der Waals surface area contributed by atoms with Crippen molar-refractivity contribution in [3.63, 3.8) is 0 Å². The van der Waals surface area contributed by atoms with Gasteiger partial charge >= 0.3 is 0 Å².